The van der Waals surface area contributed by atoms with E-state index in [1.807, 2.05) is 12.3 Å². The van der Waals surface area contributed by atoms with E-state index < -0.39 is 0 Å². The summed E-state index contributed by atoms with van der Waals surface area (Å²) in [5, 5.41) is 4.93. The van der Waals surface area contributed by atoms with Crippen molar-refractivity contribution in [1.29, 1.82) is 0 Å². The number of benzene rings is 7. The average molecular weight is 640 g/mol. The highest BCUT2D eigenvalue weighted by atomic mass is 14.7. The summed E-state index contributed by atoms with van der Waals surface area (Å²) >= 11 is 0. The molecule has 0 saturated carbocycles. The number of hydrogen-bond acceptors (Lipinski definition) is 1. The lowest BCUT2D eigenvalue weighted by Crippen LogP contribution is -2.14. The van der Waals surface area contributed by atoms with E-state index in [1.54, 1.807) is 0 Å². The van der Waals surface area contributed by atoms with Gasteiger partial charge >= 0.3 is 0 Å². The minimum atomic E-state index is -0.0548. The molecule has 1 nitrogen and oxygen atoms in total. The highest BCUT2D eigenvalue weighted by molar-refractivity contribution is 6.21. The number of rotatable bonds is 3. The quantitative estimate of drug-likeness (QED) is 0.175. The van der Waals surface area contributed by atoms with E-state index in [2.05, 4.69) is 167 Å². The molecule has 238 valence electrons. The first kappa shape index (κ1) is 29.2. The molecular weight excluding hydrogens is 603 g/mol. The second-order valence-corrected chi connectivity index (χ2v) is 15.1. The van der Waals surface area contributed by atoms with Crippen molar-refractivity contribution in [2.45, 2.75) is 38.5 Å². The molecule has 10 rings (SSSR count). The lowest BCUT2D eigenvalue weighted by molar-refractivity contribution is 0.660. The molecule has 0 unspecified atom stereocenters. The molecule has 8 aromatic rings. The molecule has 1 heteroatoms. The molecule has 1 aromatic heterocycles. The van der Waals surface area contributed by atoms with Crippen molar-refractivity contribution >= 4 is 21.5 Å². The summed E-state index contributed by atoms with van der Waals surface area (Å²) in [5.41, 5.74) is 18.0. The zero-order valence-electron chi connectivity index (χ0n) is 28.9. The minimum Gasteiger partial charge on any atom is -0.256 e. The fraction of sp³-hybridized carbons (Fsp3) is 0.122. The zero-order valence-corrected chi connectivity index (χ0v) is 28.9. The van der Waals surface area contributed by atoms with Gasteiger partial charge in [-0.3, -0.25) is 4.98 Å². The summed E-state index contributed by atoms with van der Waals surface area (Å²) in [6.07, 6.45) is 1.90. The van der Waals surface area contributed by atoms with Crippen molar-refractivity contribution in [2.24, 2.45) is 0 Å². The third-order valence-corrected chi connectivity index (χ3v) is 11.7. The van der Waals surface area contributed by atoms with E-state index in [1.165, 1.54) is 93.9 Å². The Balaban J connectivity index is 1.26. The van der Waals surface area contributed by atoms with Crippen molar-refractivity contribution in [1.82, 2.24) is 4.98 Å². The van der Waals surface area contributed by atoms with E-state index in [0.717, 1.165) is 5.69 Å². The maximum atomic E-state index is 4.90. The van der Waals surface area contributed by atoms with Crippen molar-refractivity contribution in [3.63, 3.8) is 0 Å². The molecule has 0 bridgehead atoms. The normalized spacial score (nSPS) is 14.7. The Kier molecular flexibility index (Phi) is 6.04. The van der Waals surface area contributed by atoms with Crippen molar-refractivity contribution in [3.05, 3.63) is 174 Å². The Hall–Kier alpha value is -5.79. The monoisotopic (exact) mass is 639 g/mol. The second-order valence-electron chi connectivity index (χ2n) is 15.1. The van der Waals surface area contributed by atoms with Gasteiger partial charge in [0.2, 0.25) is 0 Å². The van der Waals surface area contributed by atoms with Crippen LogP contribution in [-0.2, 0) is 10.8 Å². The Bertz CT molecular complexity index is 2690. The fourth-order valence-corrected chi connectivity index (χ4v) is 9.22. The van der Waals surface area contributed by atoms with Gasteiger partial charge in [-0.25, -0.2) is 0 Å². The van der Waals surface area contributed by atoms with Crippen molar-refractivity contribution in [2.75, 3.05) is 0 Å². The summed E-state index contributed by atoms with van der Waals surface area (Å²) in [5.74, 6) is 0. The van der Waals surface area contributed by atoms with E-state index in [9.17, 15) is 0 Å². The van der Waals surface area contributed by atoms with Crippen LogP contribution < -0.4 is 0 Å². The third-order valence-electron chi connectivity index (χ3n) is 11.7. The van der Waals surface area contributed by atoms with E-state index in [4.69, 9.17) is 4.98 Å². The molecule has 0 aliphatic heterocycles. The maximum Gasteiger partial charge on any atom is 0.0714 e. The lowest BCUT2D eigenvalue weighted by atomic mass is 9.81. The zero-order chi connectivity index (χ0) is 33.8. The van der Waals surface area contributed by atoms with Gasteiger partial charge in [0.25, 0.3) is 0 Å². The van der Waals surface area contributed by atoms with Gasteiger partial charge in [0.15, 0.2) is 0 Å². The molecule has 7 aromatic carbocycles. The molecule has 0 fully saturated rings. The maximum absolute atomic E-state index is 4.90. The van der Waals surface area contributed by atoms with Gasteiger partial charge in [0.05, 0.1) is 5.69 Å². The molecule has 2 aliphatic rings. The van der Waals surface area contributed by atoms with Crippen LogP contribution in [0.4, 0.5) is 0 Å². The first-order valence-corrected chi connectivity index (χ1v) is 17.7. The molecular formula is C49H37N. The van der Waals surface area contributed by atoms with Crippen LogP contribution in [0.2, 0.25) is 0 Å². The van der Waals surface area contributed by atoms with Crippen LogP contribution in [0.3, 0.4) is 0 Å². The Morgan fingerprint density at radius 3 is 1.64 bits per heavy atom. The van der Waals surface area contributed by atoms with Gasteiger partial charge in [0, 0.05) is 22.6 Å². The molecule has 0 saturated heterocycles. The summed E-state index contributed by atoms with van der Waals surface area (Å²) in [6.45, 7) is 9.43. The van der Waals surface area contributed by atoms with Gasteiger partial charge in [-0.2, -0.15) is 0 Å². The second kappa shape index (κ2) is 10.4. The lowest BCUT2D eigenvalue weighted by Gasteiger charge is -2.22. The molecule has 0 atom stereocenters. The predicted octanol–water partition coefficient (Wildman–Crippen LogP) is 13.0. The first-order chi connectivity index (χ1) is 24.3. The van der Waals surface area contributed by atoms with Gasteiger partial charge in [0.1, 0.15) is 0 Å². The number of aromatic nitrogens is 1. The van der Waals surface area contributed by atoms with Crippen LogP contribution in [0.25, 0.3) is 77.3 Å². The van der Waals surface area contributed by atoms with Crippen LogP contribution >= 0.6 is 0 Å². The van der Waals surface area contributed by atoms with E-state index in [0.29, 0.717) is 0 Å². The Labute approximate surface area is 293 Å². The smallest absolute Gasteiger partial charge is 0.0714 e. The predicted molar refractivity (Wildman–Crippen MR) is 211 cm³/mol. The molecule has 50 heavy (non-hydrogen) atoms. The summed E-state index contributed by atoms with van der Waals surface area (Å²) in [7, 11) is 0. The number of hydrogen-bond donors (Lipinski definition) is 0. The standard InChI is InChI=1S/C49H37N/c1-48(2)42-18-10-8-14-34(42)39-28-32(22-25-43(39)48)46-36-15-5-6-16-37(36)47(45-19-11-12-26-50-45)38-24-21-30(27-40(38)46)31-20-23-35-33-13-7-9-17-41(33)49(3,4)44(35)29-31/h5-29H,1-4H3. The van der Waals surface area contributed by atoms with Gasteiger partial charge < -0.3 is 0 Å². The van der Waals surface area contributed by atoms with Crippen LogP contribution in [0.5, 0.6) is 0 Å². The number of fused-ring (bicyclic) bond motifs is 8. The van der Waals surface area contributed by atoms with Crippen LogP contribution in [0.1, 0.15) is 49.9 Å². The first-order valence-electron chi connectivity index (χ1n) is 17.7. The molecule has 2 aliphatic carbocycles. The van der Waals surface area contributed by atoms with E-state index in [-0.39, 0.29) is 10.8 Å². The highest BCUT2D eigenvalue weighted by Crippen LogP contribution is 2.52. The summed E-state index contributed by atoms with van der Waals surface area (Å²) < 4.78 is 0. The summed E-state index contributed by atoms with van der Waals surface area (Å²) in [4.78, 5) is 4.90. The molecule has 1 heterocycles. The van der Waals surface area contributed by atoms with Gasteiger partial charge in [-0.05, 0) is 119 Å². The number of nitrogens with zero attached hydrogens (tertiary/aromatic N) is 1. The fourth-order valence-electron chi connectivity index (χ4n) is 9.22. The molecule has 0 amide bonds. The third kappa shape index (κ3) is 3.98. The highest BCUT2D eigenvalue weighted by Gasteiger charge is 2.36. The topological polar surface area (TPSA) is 12.9 Å². The van der Waals surface area contributed by atoms with Crippen molar-refractivity contribution in [3.8, 4) is 55.8 Å². The number of pyridine rings is 1. The van der Waals surface area contributed by atoms with Crippen LogP contribution in [0.15, 0.2) is 152 Å². The largest absolute Gasteiger partial charge is 0.256 e. The molecule has 0 N–H and O–H groups in total. The average Bonchev–Trinajstić information content (AvgIpc) is 3.53. The van der Waals surface area contributed by atoms with Crippen LogP contribution in [0, 0.1) is 0 Å². The SMILES string of the molecule is CC1(C)c2ccccc2-c2cc(-c3c4ccccc4c(-c4ccccn4)c4ccc(-c5ccc6c(c5)C(C)(C)c5ccccc5-6)cc34)ccc21. The summed E-state index contributed by atoms with van der Waals surface area (Å²) in [6, 6.07) is 54.3. The van der Waals surface area contributed by atoms with Gasteiger partial charge in [-0.1, -0.05) is 143 Å². The molecule has 0 radical (unpaired) electrons. The van der Waals surface area contributed by atoms with Crippen LogP contribution in [-0.4, -0.2) is 4.98 Å². The minimum absolute atomic E-state index is 0.0361. The van der Waals surface area contributed by atoms with E-state index >= 15 is 0 Å². The Morgan fingerprint density at radius 2 is 0.900 bits per heavy atom. The Morgan fingerprint density at radius 1 is 0.360 bits per heavy atom. The van der Waals surface area contributed by atoms with Gasteiger partial charge in [-0.15, -0.1) is 0 Å². The molecule has 0 spiro atoms. The van der Waals surface area contributed by atoms with Crippen molar-refractivity contribution < 1.29 is 0 Å².